The Hall–Kier alpha value is -5.64. The number of benzene rings is 5. The molecule has 240 valence electrons. The Balaban J connectivity index is 1.34. The largest absolute Gasteiger partial charge is 0.478 e. The van der Waals surface area contributed by atoms with Crippen LogP contribution in [0.15, 0.2) is 138 Å². The van der Waals surface area contributed by atoms with Crippen LogP contribution in [0.2, 0.25) is 5.02 Å². The average molecular weight is 676 g/mol. The van der Waals surface area contributed by atoms with E-state index in [-0.39, 0.29) is 22.0 Å². The molecule has 0 aromatic heterocycles. The Morgan fingerprint density at radius 2 is 1.40 bits per heavy atom. The number of halogens is 1. The van der Waals surface area contributed by atoms with Crippen LogP contribution >= 0.6 is 23.4 Å². The van der Waals surface area contributed by atoms with Crippen LogP contribution in [0.1, 0.15) is 42.7 Å². The number of carbonyl (C=O) groups excluding carboxylic acids is 3. The molecule has 1 atom stereocenters. The zero-order valence-corrected chi connectivity index (χ0v) is 27.2. The zero-order valence-electron chi connectivity index (χ0n) is 25.6. The highest BCUT2D eigenvalue weighted by molar-refractivity contribution is 8.00. The maximum Gasteiger partial charge on any atom is 0.335 e. The standard InChI is InChI=1S/C38H30ClN3O5S/c1-24-10-8-9-15-27(24)22-33(42-35(43)26-13-6-3-7-14-26)36(44)40-29-17-19-30(20-18-29)48-34(25-11-4-2-5-12-25)37(45)41-32-23-28(38(46)47)16-21-31(32)39/h2-23,34H,1H3,(H,40,44)(H,41,45)(H,42,43)(H,46,47)/b33-22-. The van der Waals surface area contributed by atoms with Crippen LogP contribution in [0.25, 0.3) is 6.08 Å². The van der Waals surface area contributed by atoms with Gasteiger partial charge in [0.25, 0.3) is 11.8 Å². The third kappa shape index (κ3) is 8.79. The van der Waals surface area contributed by atoms with Crippen molar-refractivity contribution in [2.24, 2.45) is 0 Å². The summed E-state index contributed by atoms with van der Waals surface area (Å²) in [4.78, 5) is 52.3. The summed E-state index contributed by atoms with van der Waals surface area (Å²) in [5.74, 6) is -2.46. The molecule has 10 heteroatoms. The maximum atomic E-state index is 13.6. The van der Waals surface area contributed by atoms with Gasteiger partial charge in [-0.25, -0.2) is 4.79 Å². The van der Waals surface area contributed by atoms with Gasteiger partial charge in [-0.1, -0.05) is 84.4 Å². The molecule has 0 spiro atoms. The molecule has 5 rings (SSSR count). The number of carboxylic acids is 1. The molecule has 0 aliphatic rings. The van der Waals surface area contributed by atoms with E-state index in [1.807, 2.05) is 61.5 Å². The van der Waals surface area contributed by atoms with Crippen LogP contribution in [-0.4, -0.2) is 28.8 Å². The number of rotatable bonds is 11. The van der Waals surface area contributed by atoms with Gasteiger partial charge < -0.3 is 21.1 Å². The fourth-order valence-electron chi connectivity index (χ4n) is 4.65. The summed E-state index contributed by atoms with van der Waals surface area (Å²) in [6, 6.07) is 36.4. The monoisotopic (exact) mass is 675 g/mol. The average Bonchev–Trinajstić information content (AvgIpc) is 3.10. The Morgan fingerprint density at radius 3 is 2.06 bits per heavy atom. The Bertz CT molecular complexity index is 1980. The normalized spacial score (nSPS) is 11.7. The fraction of sp³-hybridized carbons (Fsp3) is 0.0526. The molecular formula is C38H30ClN3O5S. The van der Waals surface area contributed by atoms with E-state index in [1.165, 1.54) is 30.0 Å². The van der Waals surface area contributed by atoms with Crippen molar-refractivity contribution in [1.82, 2.24) is 5.32 Å². The van der Waals surface area contributed by atoms with Crippen LogP contribution in [0.3, 0.4) is 0 Å². The first-order valence-electron chi connectivity index (χ1n) is 14.8. The topological polar surface area (TPSA) is 125 Å². The molecule has 0 heterocycles. The van der Waals surface area contributed by atoms with Crippen molar-refractivity contribution >= 4 is 64.5 Å². The van der Waals surface area contributed by atoms with Gasteiger partial charge in [-0.2, -0.15) is 0 Å². The lowest BCUT2D eigenvalue weighted by Crippen LogP contribution is -2.30. The van der Waals surface area contributed by atoms with Crippen molar-refractivity contribution < 1.29 is 24.3 Å². The minimum atomic E-state index is -1.14. The highest BCUT2D eigenvalue weighted by atomic mass is 35.5. The van der Waals surface area contributed by atoms with Gasteiger partial charge >= 0.3 is 5.97 Å². The lowest BCUT2D eigenvalue weighted by Gasteiger charge is -2.18. The summed E-state index contributed by atoms with van der Waals surface area (Å²) in [6.45, 7) is 1.92. The summed E-state index contributed by atoms with van der Waals surface area (Å²) in [5.41, 5.74) is 3.59. The number of amides is 3. The molecule has 0 saturated carbocycles. The first-order valence-corrected chi connectivity index (χ1v) is 16.0. The van der Waals surface area contributed by atoms with Crippen molar-refractivity contribution in [3.8, 4) is 0 Å². The van der Waals surface area contributed by atoms with Crippen molar-refractivity contribution in [2.45, 2.75) is 17.1 Å². The van der Waals surface area contributed by atoms with Crippen LogP contribution in [0, 0.1) is 6.92 Å². The predicted molar refractivity (Wildman–Crippen MR) is 190 cm³/mol. The second-order valence-corrected chi connectivity index (χ2v) is 12.2. The molecule has 1 unspecified atom stereocenters. The molecule has 48 heavy (non-hydrogen) atoms. The summed E-state index contributed by atoms with van der Waals surface area (Å²) in [6.07, 6.45) is 1.64. The maximum absolute atomic E-state index is 13.6. The van der Waals surface area contributed by atoms with E-state index >= 15 is 0 Å². The number of anilines is 2. The number of hydrogen-bond donors (Lipinski definition) is 4. The van der Waals surface area contributed by atoms with E-state index in [9.17, 15) is 24.3 Å². The second-order valence-electron chi connectivity index (χ2n) is 10.6. The number of thioether (sulfide) groups is 1. The van der Waals surface area contributed by atoms with Crippen molar-refractivity contribution in [1.29, 1.82) is 0 Å². The molecule has 8 nitrogen and oxygen atoms in total. The number of carbonyl (C=O) groups is 4. The lowest BCUT2D eigenvalue weighted by atomic mass is 10.1. The molecule has 0 aliphatic heterocycles. The van der Waals surface area contributed by atoms with Gasteiger partial charge in [-0.15, -0.1) is 11.8 Å². The third-order valence-electron chi connectivity index (χ3n) is 7.19. The minimum Gasteiger partial charge on any atom is -0.478 e. The highest BCUT2D eigenvalue weighted by Crippen LogP contribution is 2.37. The molecule has 5 aromatic rings. The van der Waals surface area contributed by atoms with E-state index in [4.69, 9.17) is 11.6 Å². The van der Waals surface area contributed by atoms with Crippen molar-refractivity contribution in [3.63, 3.8) is 0 Å². The van der Waals surface area contributed by atoms with Crippen molar-refractivity contribution in [2.75, 3.05) is 10.6 Å². The number of nitrogens with one attached hydrogen (secondary N) is 3. The third-order valence-corrected chi connectivity index (χ3v) is 8.79. The van der Waals surface area contributed by atoms with Gasteiger partial charge in [-0.3, -0.25) is 14.4 Å². The molecule has 4 N–H and O–H groups in total. The molecule has 3 amide bonds. The molecule has 0 radical (unpaired) electrons. The zero-order chi connectivity index (χ0) is 34.0. The lowest BCUT2D eigenvalue weighted by molar-refractivity contribution is -0.116. The van der Waals surface area contributed by atoms with Gasteiger partial charge in [0, 0.05) is 16.1 Å². The Morgan fingerprint density at radius 1 is 0.750 bits per heavy atom. The van der Waals surface area contributed by atoms with Crippen LogP contribution < -0.4 is 16.0 Å². The fourth-order valence-corrected chi connectivity index (χ4v) is 5.84. The first kappa shape index (κ1) is 33.7. The van der Waals surface area contributed by atoms with Crippen LogP contribution in [-0.2, 0) is 9.59 Å². The summed E-state index contributed by atoms with van der Waals surface area (Å²) in [5, 5.41) is 17.3. The SMILES string of the molecule is Cc1ccccc1/C=C(\NC(=O)c1ccccc1)C(=O)Nc1ccc(SC(C(=O)Nc2cc(C(=O)O)ccc2Cl)c2ccccc2)cc1. The smallest absolute Gasteiger partial charge is 0.335 e. The van der Waals surface area contributed by atoms with Gasteiger partial charge in [0.05, 0.1) is 16.3 Å². The van der Waals surface area contributed by atoms with E-state index in [0.717, 1.165) is 21.6 Å². The number of aromatic carboxylic acids is 1. The number of carboxylic acid groups (broad SMARTS) is 1. The minimum absolute atomic E-state index is 0.00668. The second kappa shape index (κ2) is 15.8. The van der Waals surface area contributed by atoms with Gasteiger partial charge in [0.15, 0.2) is 0 Å². The number of aryl methyl sites for hydroxylation is 1. The van der Waals surface area contributed by atoms with Gasteiger partial charge in [0.1, 0.15) is 10.9 Å². The van der Waals surface area contributed by atoms with Crippen LogP contribution in [0.5, 0.6) is 0 Å². The van der Waals surface area contributed by atoms with E-state index in [0.29, 0.717) is 11.3 Å². The molecule has 0 aliphatic carbocycles. The first-order chi connectivity index (χ1) is 23.2. The molecular weight excluding hydrogens is 646 g/mol. The van der Waals surface area contributed by atoms with Gasteiger partial charge in [-0.05, 0) is 84.3 Å². The number of hydrogen-bond acceptors (Lipinski definition) is 5. The summed E-state index contributed by atoms with van der Waals surface area (Å²) in [7, 11) is 0. The Kier molecular flexibility index (Phi) is 11.1. The van der Waals surface area contributed by atoms with E-state index in [1.54, 1.807) is 60.7 Å². The van der Waals surface area contributed by atoms with Gasteiger partial charge in [0.2, 0.25) is 5.91 Å². The molecule has 0 saturated heterocycles. The quantitative estimate of drug-likeness (QED) is 0.0826. The summed E-state index contributed by atoms with van der Waals surface area (Å²) < 4.78 is 0. The van der Waals surface area contributed by atoms with E-state index < -0.39 is 28.9 Å². The van der Waals surface area contributed by atoms with Crippen molar-refractivity contribution in [3.05, 3.63) is 166 Å². The Labute approximate surface area is 286 Å². The summed E-state index contributed by atoms with van der Waals surface area (Å²) >= 11 is 7.55. The molecule has 5 aromatic carbocycles. The van der Waals surface area contributed by atoms with Crippen LogP contribution in [0.4, 0.5) is 11.4 Å². The van der Waals surface area contributed by atoms with E-state index in [2.05, 4.69) is 16.0 Å². The highest BCUT2D eigenvalue weighted by Gasteiger charge is 2.24. The molecule has 0 fully saturated rings. The predicted octanol–water partition coefficient (Wildman–Crippen LogP) is 8.23. The molecule has 0 bridgehead atoms.